The van der Waals surface area contributed by atoms with E-state index in [2.05, 4.69) is 25.9 Å². The molecule has 104 valence electrons. The summed E-state index contributed by atoms with van der Waals surface area (Å²) in [6.07, 6.45) is 1.88. The molecule has 5 nitrogen and oxygen atoms in total. The van der Waals surface area contributed by atoms with Gasteiger partial charge in [0.15, 0.2) is 0 Å². The van der Waals surface area contributed by atoms with Gasteiger partial charge in [-0.25, -0.2) is 9.78 Å². The first kappa shape index (κ1) is 14.5. The molecular weight excluding hydrogens is 322 g/mol. The van der Waals surface area contributed by atoms with Crippen LogP contribution in [0.25, 0.3) is 11.3 Å². The second-order valence-corrected chi connectivity index (χ2v) is 5.49. The minimum absolute atomic E-state index is 0.136. The number of aromatic amines is 1. The lowest BCUT2D eigenvalue weighted by atomic mass is 10.0. The number of benzene rings is 1. The van der Waals surface area contributed by atoms with Crippen molar-refractivity contribution >= 4 is 27.6 Å². The molecule has 3 N–H and O–H groups in total. The molecule has 0 aliphatic heterocycles. The van der Waals surface area contributed by atoms with E-state index >= 15 is 0 Å². The SMILES string of the molecule is CC(CC(=N)C(=O)O)c1ncc(-c2ccc(Br)cc2)[nH]1. The Bertz CT molecular complexity index is 634. The molecule has 2 aromatic rings. The fourth-order valence-corrected chi connectivity index (χ4v) is 2.12. The lowest BCUT2D eigenvalue weighted by Gasteiger charge is -2.07. The Kier molecular flexibility index (Phi) is 4.34. The molecule has 0 spiro atoms. The zero-order valence-corrected chi connectivity index (χ0v) is 12.4. The highest BCUT2D eigenvalue weighted by atomic mass is 79.9. The Morgan fingerprint density at radius 1 is 1.45 bits per heavy atom. The molecule has 1 aromatic heterocycles. The average molecular weight is 336 g/mol. The monoisotopic (exact) mass is 335 g/mol. The van der Waals surface area contributed by atoms with Crippen molar-refractivity contribution in [3.63, 3.8) is 0 Å². The molecule has 1 atom stereocenters. The molecule has 0 aliphatic rings. The van der Waals surface area contributed by atoms with Crippen molar-refractivity contribution in [1.82, 2.24) is 9.97 Å². The molecule has 0 fully saturated rings. The number of carboxylic acid groups (broad SMARTS) is 1. The molecule has 0 saturated carbocycles. The molecule has 0 amide bonds. The van der Waals surface area contributed by atoms with Crippen LogP contribution in [-0.4, -0.2) is 26.8 Å². The number of aliphatic carboxylic acids is 1. The number of nitrogens with zero attached hydrogens (tertiary/aromatic N) is 1. The Hall–Kier alpha value is -1.95. The highest BCUT2D eigenvalue weighted by molar-refractivity contribution is 9.10. The minimum atomic E-state index is -1.18. The van der Waals surface area contributed by atoms with Gasteiger partial charge in [-0.2, -0.15) is 0 Å². The van der Waals surface area contributed by atoms with E-state index < -0.39 is 5.97 Å². The van der Waals surface area contributed by atoms with Gasteiger partial charge in [0.25, 0.3) is 0 Å². The van der Waals surface area contributed by atoms with Crippen molar-refractivity contribution in [3.8, 4) is 11.3 Å². The zero-order chi connectivity index (χ0) is 14.7. The number of rotatable bonds is 5. The summed E-state index contributed by atoms with van der Waals surface area (Å²) < 4.78 is 1.00. The molecular formula is C14H14BrN3O2. The molecule has 1 aromatic carbocycles. The van der Waals surface area contributed by atoms with Crippen LogP contribution in [0.4, 0.5) is 0 Å². The molecule has 0 radical (unpaired) electrons. The normalized spacial score (nSPS) is 12.1. The van der Waals surface area contributed by atoms with Crippen molar-refractivity contribution in [1.29, 1.82) is 5.41 Å². The lowest BCUT2D eigenvalue weighted by molar-refractivity contribution is -0.129. The fourth-order valence-electron chi connectivity index (χ4n) is 1.85. The smallest absolute Gasteiger partial charge is 0.349 e. The van der Waals surface area contributed by atoms with E-state index in [1.165, 1.54) is 0 Å². The molecule has 0 bridgehead atoms. The Balaban J connectivity index is 2.14. The zero-order valence-electron chi connectivity index (χ0n) is 10.9. The van der Waals surface area contributed by atoms with Crippen LogP contribution in [0.3, 0.4) is 0 Å². The number of halogens is 1. The summed E-state index contributed by atoms with van der Waals surface area (Å²) >= 11 is 3.38. The van der Waals surface area contributed by atoms with Crippen LogP contribution in [0.15, 0.2) is 34.9 Å². The van der Waals surface area contributed by atoms with Gasteiger partial charge >= 0.3 is 5.97 Å². The number of carboxylic acids is 1. The Labute approximate surface area is 124 Å². The third-order valence-electron chi connectivity index (χ3n) is 2.99. The Morgan fingerprint density at radius 3 is 2.70 bits per heavy atom. The van der Waals surface area contributed by atoms with E-state index in [0.717, 1.165) is 15.7 Å². The molecule has 0 saturated heterocycles. The van der Waals surface area contributed by atoms with Gasteiger partial charge in [-0.15, -0.1) is 0 Å². The third kappa shape index (κ3) is 3.33. The Morgan fingerprint density at radius 2 is 2.10 bits per heavy atom. The first-order valence-corrected chi connectivity index (χ1v) is 6.88. The van der Waals surface area contributed by atoms with Crippen LogP contribution in [-0.2, 0) is 4.79 Å². The highest BCUT2D eigenvalue weighted by Gasteiger charge is 2.16. The van der Waals surface area contributed by atoms with Crippen LogP contribution in [0.5, 0.6) is 0 Å². The summed E-state index contributed by atoms with van der Waals surface area (Å²) in [4.78, 5) is 18.1. The minimum Gasteiger partial charge on any atom is -0.477 e. The van der Waals surface area contributed by atoms with Gasteiger partial charge in [0.1, 0.15) is 11.5 Å². The predicted octanol–water partition coefficient (Wildman–Crippen LogP) is 3.44. The van der Waals surface area contributed by atoms with Crippen LogP contribution in [0, 0.1) is 5.41 Å². The quantitative estimate of drug-likeness (QED) is 0.731. The van der Waals surface area contributed by atoms with Gasteiger partial charge in [0.05, 0.1) is 11.9 Å². The van der Waals surface area contributed by atoms with Gasteiger partial charge in [0.2, 0.25) is 0 Å². The molecule has 6 heteroatoms. The van der Waals surface area contributed by atoms with Crippen LogP contribution < -0.4 is 0 Å². The summed E-state index contributed by atoms with van der Waals surface area (Å²) in [6.45, 7) is 1.85. The summed E-state index contributed by atoms with van der Waals surface area (Å²) in [6, 6.07) is 7.81. The molecule has 20 heavy (non-hydrogen) atoms. The number of hydrogen-bond donors (Lipinski definition) is 3. The van der Waals surface area contributed by atoms with E-state index in [-0.39, 0.29) is 18.1 Å². The van der Waals surface area contributed by atoms with Gasteiger partial charge < -0.3 is 10.1 Å². The average Bonchev–Trinajstić information content (AvgIpc) is 2.89. The van der Waals surface area contributed by atoms with Crippen molar-refractivity contribution in [3.05, 3.63) is 40.8 Å². The second-order valence-electron chi connectivity index (χ2n) is 4.58. The molecule has 1 heterocycles. The summed E-state index contributed by atoms with van der Waals surface area (Å²) in [5, 5.41) is 16.1. The topological polar surface area (TPSA) is 89.8 Å². The van der Waals surface area contributed by atoms with Crippen molar-refractivity contribution < 1.29 is 9.90 Å². The van der Waals surface area contributed by atoms with E-state index in [1.54, 1.807) is 6.20 Å². The fraction of sp³-hybridized carbons (Fsp3) is 0.214. The third-order valence-corrected chi connectivity index (χ3v) is 3.51. The maximum atomic E-state index is 10.7. The van der Waals surface area contributed by atoms with E-state index in [0.29, 0.717) is 5.82 Å². The van der Waals surface area contributed by atoms with Gasteiger partial charge in [0, 0.05) is 16.8 Å². The van der Waals surface area contributed by atoms with E-state index in [4.69, 9.17) is 10.5 Å². The lowest BCUT2D eigenvalue weighted by Crippen LogP contribution is -2.14. The summed E-state index contributed by atoms with van der Waals surface area (Å²) in [5.74, 6) is -0.631. The van der Waals surface area contributed by atoms with Gasteiger partial charge in [-0.05, 0) is 17.7 Å². The van der Waals surface area contributed by atoms with Crippen molar-refractivity contribution in [2.75, 3.05) is 0 Å². The van der Waals surface area contributed by atoms with Gasteiger partial charge in [-0.3, -0.25) is 5.41 Å². The molecule has 2 rings (SSSR count). The first-order chi connectivity index (χ1) is 9.47. The first-order valence-electron chi connectivity index (χ1n) is 6.09. The number of nitrogens with one attached hydrogen (secondary N) is 2. The number of H-pyrrole nitrogens is 1. The van der Waals surface area contributed by atoms with E-state index in [9.17, 15) is 4.79 Å². The van der Waals surface area contributed by atoms with Crippen molar-refractivity contribution in [2.24, 2.45) is 0 Å². The number of imidazole rings is 1. The van der Waals surface area contributed by atoms with Gasteiger partial charge in [-0.1, -0.05) is 35.0 Å². The number of hydrogen-bond acceptors (Lipinski definition) is 3. The second kappa shape index (κ2) is 6.00. The molecule has 0 aliphatic carbocycles. The number of carbonyl (C=O) groups is 1. The maximum absolute atomic E-state index is 10.7. The summed E-state index contributed by atoms with van der Waals surface area (Å²) in [7, 11) is 0. The summed E-state index contributed by atoms with van der Waals surface area (Å²) in [5.41, 5.74) is 1.58. The van der Waals surface area contributed by atoms with Crippen LogP contribution in [0.1, 0.15) is 25.1 Å². The number of aromatic nitrogens is 2. The van der Waals surface area contributed by atoms with E-state index in [1.807, 2.05) is 31.2 Å². The molecule has 1 unspecified atom stereocenters. The van der Waals surface area contributed by atoms with Crippen molar-refractivity contribution in [2.45, 2.75) is 19.3 Å². The highest BCUT2D eigenvalue weighted by Crippen LogP contribution is 2.23. The largest absolute Gasteiger partial charge is 0.477 e. The van der Waals surface area contributed by atoms with Crippen LogP contribution in [0.2, 0.25) is 0 Å². The van der Waals surface area contributed by atoms with Crippen LogP contribution >= 0.6 is 15.9 Å². The standard InChI is InChI=1S/C14H14BrN3O2/c1-8(6-11(16)14(19)20)13-17-7-12(18-13)9-2-4-10(15)5-3-9/h2-5,7-8,16H,6H2,1H3,(H,17,18)(H,19,20). The predicted molar refractivity (Wildman–Crippen MR) is 80.1 cm³/mol. The maximum Gasteiger partial charge on any atom is 0.349 e.